The maximum atomic E-state index is 13.4. The van der Waals surface area contributed by atoms with E-state index in [0.717, 1.165) is 0 Å². The number of benzene rings is 2. The van der Waals surface area contributed by atoms with Gasteiger partial charge in [0, 0.05) is 11.8 Å². The molecule has 0 saturated carbocycles. The normalized spacial score (nSPS) is 26.8. The highest BCUT2D eigenvalue weighted by molar-refractivity contribution is 5.35. The summed E-state index contributed by atoms with van der Waals surface area (Å²) in [4.78, 5) is 0. The Morgan fingerprint density at radius 3 is 2.00 bits per heavy atom. The molecule has 0 radical (unpaired) electrons. The molecular formula is C23H21F7O3. The van der Waals surface area contributed by atoms with Crippen molar-refractivity contribution in [1.29, 1.82) is 0 Å². The van der Waals surface area contributed by atoms with Crippen LogP contribution in [0.25, 0.3) is 0 Å². The van der Waals surface area contributed by atoms with Crippen molar-refractivity contribution in [2.45, 2.75) is 50.1 Å². The topological polar surface area (TPSA) is 31.0 Å². The average molecular weight is 478 g/mol. The fraction of sp³-hybridized carbons (Fsp3) is 0.478. The Balaban J connectivity index is 1.64. The van der Waals surface area contributed by atoms with Gasteiger partial charge in [0.25, 0.3) is 0 Å². The predicted molar refractivity (Wildman–Crippen MR) is 103 cm³/mol. The van der Waals surface area contributed by atoms with Crippen LogP contribution in [0.3, 0.4) is 0 Å². The Morgan fingerprint density at radius 1 is 0.909 bits per heavy atom. The summed E-state index contributed by atoms with van der Waals surface area (Å²) in [5.74, 6) is -0.917. The molecule has 2 heterocycles. The zero-order chi connectivity index (χ0) is 24.0. The van der Waals surface area contributed by atoms with Gasteiger partial charge in [-0.25, -0.2) is 4.39 Å². The fourth-order valence-electron chi connectivity index (χ4n) is 4.23. The van der Waals surface area contributed by atoms with Gasteiger partial charge in [-0.1, -0.05) is 12.1 Å². The largest absolute Gasteiger partial charge is 0.416 e. The molecule has 5 atom stereocenters. The molecule has 180 valence electrons. The SMILES string of the molecule is CC(OC1OCC[C@H](C2CO2)[C@H]1c1ccc(F)cc1)c1cc(C(F)(F)F)cc(C(F)(F)F)c1. The Hall–Kier alpha value is -2.17. The number of epoxide rings is 1. The van der Waals surface area contributed by atoms with E-state index < -0.39 is 47.6 Å². The lowest BCUT2D eigenvalue weighted by Crippen LogP contribution is -2.39. The summed E-state index contributed by atoms with van der Waals surface area (Å²) in [5.41, 5.74) is -2.41. The minimum absolute atomic E-state index is 0.0475. The Labute approximate surface area is 185 Å². The van der Waals surface area contributed by atoms with Crippen LogP contribution >= 0.6 is 0 Å². The third kappa shape index (κ3) is 5.50. The number of alkyl halides is 6. The maximum Gasteiger partial charge on any atom is 0.416 e. The Bertz CT molecular complexity index is 935. The van der Waals surface area contributed by atoms with Gasteiger partial charge in [-0.3, -0.25) is 0 Å². The van der Waals surface area contributed by atoms with Crippen LogP contribution in [-0.4, -0.2) is 25.6 Å². The van der Waals surface area contributed by atoms with Gasteiger partial charge in [0.1, 0.15) is 5.82 Å². The van der Waals surface area contributed by atoms with E-state index in [-0.39, 0.29) is 30.3 Å². The summed E-state index contributed by atoms with van der Waals surface area (Å²) >= 11 is 0. The van der Waals surface area contributed by atoms with Crippen LogP contribution < -0.4 is 0 Å². The van der Waals surface area contributed by atoms with Crippen molar-refractivity contribution in [1.82, 2.24) is 0 Å². The first-order chi connectivity index (χ1) is 15.4. The first kappa shape index (κ1) is 24.0. The van der Waals surface area contributed by atoms with Crippen molar-refractivity contribution in [3.05, 3.63) is 70.5 Å². The standard InChI is InChI=1S/C23H21F7O3/c1-12(14-8-15(22(25,26)27)10-16(9-14)23(28,29)30)33-21-20(13-2-4-17(24)5-3-13)18(6-7-31-21)19-11-32-19/h2-5,8-10,12,18-21H,6-7,11H2,1H3/t12?,18-,19?,20-,21?/m1/s1. The smallest absolute Gasteiger partial charge is 0.373 e. The van der Waals surface area contributed by atoms with E-state index in [1.807, 2.05) is 0 Å². The molecule has 0 bridgehead atoms. The molecular weight excluding hydrogens is 457 g/mol. The van der Waals surface area contributed by atoms with E-state index in [9.17, 15) is 30.7 Å². The first-order valence-electron chi connectivity index (χ1n) is 10.4. The summed E-state index contributed by atoms with van der Waals surface area (Å²) in [6.07, 6.45) is -11.4. The molecule has 33 heavy (non-hydrogen) atoms. The molecule has 0 aliphatic carbocycles. The fourth-order valence-corrected chi connectivity index (χ4v) is 4.23. The summed E-state index contributed by atoms with van der Waals surface area (Å²) in [7, 11) is 0. The summed E-state index contributed by atoms with van der Waals surface area (Å²) < 4.78 is 110. The van der Waals surface area contributed by atoms with Crippen molar-refractivity contribution in [2.24, 2.45) is 5.92 Å². The molecule has 0 N–H and O–H groups in total. The van der Waals surface area contributed by atoms with Gasteiger partial charge in [-0.05, 0) is 54.8 Å². The number of rotatable bonds is 5. The Kier molecular flexibility index (Phi) is 6.45. The van der Waals surface area contributed by atoms with Gasteiger partial charge in [0.05, 0.1) is 36.5 Å². The number of hydrogen-bond donors (Lipinski definition) is 0. The molecule has 2 aromatic carbocycles. The molecule has 0 amide bonds. The molecule has 3 nitrogen and oxygen atoms in total. The molecule has 2 aliphatic rings. The third-order valence-corrected chi connectivity index (χ3v) is 6.00. The van der Waals surface area contributed by atoms with Gasteiger partial charge in [0.2, 0.25) is 0 Å². The number of ether oxygens (including phenoxy) is 3. The first-order valence-corrected chi connectivity index (χ1v) is 10.4. The van der Waals surface area contributed by atoms with Crippen LogP contribution in [0, 0.1) is 11.7 Å². The van der Waals surface area contributed by atoms with E-state index in [4.69, 9.17) is 14.2 Å². The lowest BCUT2D eigenvalue weighted by Gasteiger charge is -2.39. The highest BCUT2D eigenvalue weighted by Gasteiger charge is 2.46. The molecule has 2 saturated heterocycles. The molecule has 10 heteroatoms. The number of hydrogen-bond acceptors (Lipinski definition) is 3. The van der Waals surface area contributed by atoms with Crippen LogP contribution in [0.15, 0.2) is 42.5 Å². The lowest BCUT2D eigenvalue weighted by molar-refractivity contribution is -0.210. The van der Waals surface area contributed by atoms with Gasteiger partial charge in [0.15, 0.2) is 6.29 Å². The van der Waals surface area contributed by atoms with Gasteiger partial charge in [-0.2, -0.15) is 26.3 Å². The Morgan fingerprint density at radius 2 is 1.48 bits per heavy atom. The second-order valence-corrected chi connectivity index (χ2v) is 8.26. The van der Waals surface area contributed by atoms with Crippen LogP contribution in [0.4, 0.5) is 30.7 Å². The quantitative estimate of drug-likeness (QED) is 0.364. The molecule has 2 fully saturated rings. The second kappa shape index (κ2) is 8.88. The van der Waals surface area contributed by atoms with Gasteiger partial charge in [-0.15, -0.1) is 0 Å². The zero-order valence-corrected chi connectivity index (χ0v) is 17.4. The van der Waals surface area contributed by atoms with Gasteiger partial charge < -0.3 is 14.2 Å². The van der Waals surface area contributed by atoms with Crippen molar-refractivity contribution >= 4 is 0 Å². The van der Waals surface area contributed by atoms with E-state index in [1.165, 1.54) is 19.1 Å². The highest BCUT2D eigenvalue weighted by atomic mass is 19.4. The van der Waals surface area contributed by atoms with E-state index in [2.05, 4.69) is 0 Å². The molecule has 0 aromatic heterocycles. The third-order valence-electron chi connectivity index (χ3n) is 6.00. The monoisotopic (exact) mass is 478 g/mol. The molecule has 4 rings (SSSR count). The molecule has 0 spiro atoms. The maximum absolute atomic E-state index is 13.4. The van der Waals surface area contributed by atoms with E-state index in [1.54, 1.807) is 12.1 Å². The minimum atomic E-state index is -4.96. The highest BCUT2D eigenvalue weighted by Crippen LogP contribution is 2.44. The van der Waals surface area contributed by atoms with E-state index in [0.29, 0.717) is 30.7 Å². The van der Waals surface area contributed by atoms with Crippen molar-refractivity contribution < 1.29 is 44.9 Å². The molecule has 3 unspecified atom stereocenters. The van der Waals surface area contributed by atoms with Crippen LogP contribution in [0.2, 0.25) is 0 Å². The number of halogens is 7. The van der Waals surface area contributed by atoms with Gasteiger partial charge >= 0.3 is 12.4 Å². The van der Waals surface area contributed by atoms with Crippen LogP contribution in [-0.2, 0) is 26.6 Å². The predicted octanol–water partition coefficient (Wildman–Crippen LogP) is 6.49. The molecule has 2 aromatic rings. The molecule has 2 aliphatic heterocycles. The second-order valence-electron chi connectivity index (χ2n) is 8.26. The van der Waals surface area contributed by atoms with Crippen molar-refractivity contribution in [3.63, 3.8) is 0 Å². The zero-order valence-electron chi connectivity index (χ0n) is 17.4. The minimum Gasteiger partial charge on any atom is -0.373 e. The summed E-state index contributed by atoms with van der Waals surface area (Å²) in [6.45, 7) is 2.20. The van der Waals surface area contributed by atoms with Crippen molar-refractivity contribution in [2.75, 3.05) is 13.2 Å². The average Bonchev–Trinajstić information content (AvgIpc) is 3.58. The van der Waals surface area contributed by atoms with E-state index >= 15 is 0 Å². The summed E-state index contributed by atoms with van der Waals surface area (Å²) in [6, 6.07) is 7.06. The van der Waals surface area contributed by atoms with Crippen molar-refractivity contribution in [3.8, 4) is 0 Å². The lowest BCUT2D eigenvalue weighted by atomic mass is 9.80. The van der Waals surface area contributed by atoms with Crippen LogP contribution in [0.5, 0.6) is 0 Å². The van der Waals surface area contributed by atoms with Crippen LogP contribution in [0.1, 0.15) is 47.6 Å². The summed E-state index contributed by atoms with van der Waals surface area (Å²) in [5, 5.41) is 0.